The molecular formula is C16H17FN2O3S. The Morgan fingerprint density at radius 2 is 2.13 bits per heavy atom. The molecule has 0 unspecified atom stereocenters. The molecule has 0 aliphatic rings. The number of thiophene rings is 1. The van der Waals surface area contributed by atoms with Crippen LogP contribution in [0.15, 0.2) is 35.0 Å². The zero-order valence-electron chi connectivity index (χ0n) is 12.8. The number of methoxy groups -OCH3 is 1. The van der Waals surface area contributed by atoms with E-state index < -0.39 is 17.8 Å². The summed E-state index contributed by atoms with van der Waals surface area (Å²) < 4.78 is 19.1. The summed E-state index contributed by atoms with van der Waals surface area (Å²) in [5.41, 5.74) is 0.777. The van der Waals surface area contributed by atoms with Gasteiger partial charge < -0.3 is 15.4 Å². The van der Waals surface area contributed by atoms with Gasteiger partial charge in [-0.3, -0.25) is 9.59 Å². The van der Waals surface area contributed by atoms with Crippen molar-refractivity contribution in [3.63, 3.8) is 0 Å². The molecule has 0 radical (unpaired) electrons. The van der Waals surface area contributed by atoms with Crippen LogP contribution in [-0.2, 0) is 4.79 Å². The minimum atomic E-state index is -0.586. The van der Waals surface area contributed by atoms with Gasteiger partial charge in [0.1, 0.15) is 11.6 Å². The molecule has 2 N–H and O–H groups in total. The van der Waals surface area contributed by atoms with E-state index in [0.29, 0.717) is 11.3 Å². The minimum absolute atomic E-state index is 0.185. The van der Waals surface area contributed by atoms with E-state index in [1.807, 2.05) is 0 Å². The SMILES string of the molecule is COc1cccc(F)c1[C@H](C)NC(=O)CNC(=O)c1ccsc1. The van der Waals surface area contributed by atoms with E-state index in [1.54, 1.807) is 29.8 Å². The molecule has 0 saturated heterocycles. The Bertz CT molecular complexity index is 689. The third kappa shape index (κ3) is 4.29. The number of carbonyl (C=O) groups excluding carboxylic acids is 2. The number of rotatable bonds is 6. The molecule has 1 aromatic carbocycles. The lowest BCUT2D eigenvalue weighted by Gasteiger charge is -2.18. The molecule has 5 nitrogen and oxygen atoms in total. The molecule has 2 aromatic rings. The largest absolute Gasteiger partial charge is 0.496 e. The van der Waals surface area contributed by atoms with Crippen molar-refractivity contribution in [1.29, 1.82) is 0 Å². The summed E-state index contributed by atoms with van der Waals surface area (Å²) in [6.07, 6.45) is 0. The minimum Gasteiger partial charge on any atom is -0.496 e. The number of hydrogen-bond acceptors (Lipinski definition) is 4. The maximum atomic E-state index is 13.9. The summed E-state index contributed by atoms with van der Waals surface area (Å²) >= 11 is 1.40. The van der Waals surface area contributed by atoms with Gasteiger partial charge in [0.25, 0.3) is 5.91 Å². The van der Waals surface area contributed by atoms with Crippen LogP contribution in [0.4, 0.5) is 4.39 Å². The fourth-order valence-electron chi connectivity index (χ4n) is 2.14. The quantitative estimate of drug-likeness (QED) is 0.852. The number of halogens is 1. The number of hydrogen-bond donors (Lipinski definition) is 2. The molecular weight excluding hydrogens is 319 g/mol. The van der Waals surface area contributed by atoms with Crippen LogP contribution < -0.4 is 15.4 Å². The summed E-state index contributed by atoms with van der Waals surface area (Å²) in [7, 11) is 1.44. The molecule has 122 valence electrons. The number of nitrogens with one attached hydrogen (secondary N) is 2. The lowest BCUT2D eigenvalue weighted by Crippen LogP contribution is -2.38. The highest BCUT2D eigenvalue weighted by Crippen LogP contribution is 2.27. The van der Waals surface area contributed by atoms with Gasteiger partial charge in [-0.1, -0.05) is 6.07 Å². The number of benzene rings is 1. The lowest BCUT2D eigenvalue weighted by molar-refractivity contribution is -0.120. The molecule has 0 aliphatic carbocycles. The van der Waals surface area contributed by atoms with E-state index in [0.717, 1.165) is 0 Å². The summed E-state index contributed by atoms with van der Waals surface area (Å²) in [6.45, 7) is 1.47. The standard InChI is InChI=1S/C16H17FN2O3S/c1-10(15-12(17)4-3-5-13(15)22-2)19-14(20)8-18-16(21)11-6-7-23-9-11/h3-7,9-10H,8H2,1-2H3,(H,18,21)(H,19,20)/t10-/m0/s1. The van der Waals surface area contributed by atoms with Crippen LogP contribution in [0.1, 0.15) is 28.9 Å². The molecule has 0 saturated carbocycles. The lowest BCUT2D eigenvalue weighted by atomic mass is 10.1. The summed E-state index contributed by atoms with van der Waals surface area (Å²) in [6, 6.07) is 5.55. The van der Waals surface area contributed by atoms with Crippen LogP contribution in [0.2, 0.25) is 0 Å². The van der Waals surface area contributed by atoms with E-state index in [4.69, 9.17) is 4.74 Å². The molecule has 0 fully saturated rings. The predicted molar refractivity (Wildman–Crippen MR) is 86.2 cm³/mol. The first-order valence-electron chi connectivity index (χ1n) is 6.95. The highest BCUT2D eigenvalue weighted by Gasteiger charge is 2.18. The molecule has 0 spiro atoms. The van der Waals surface area contributed by atoms with Crippen LogP contribution in [-0.4, -0.2) is 25.5 Å². The van der Waals surface area contributed by atoms with Crippen LogP contribution in [0.25, 0.3) is 0 Å². The maximum Gasteiger partial charge on any atom is 0.252 e. The van der Waals surface area contributed by atoms with E-state index in [9.17, 15) is 14.0 Å². The molecule has 7 heteroatoms. The second-order valence-electron chi connectivity index (χ2n) is 4.84. The molecule has 0 aliphatic heterocycles. The summed E-state index contributed by atoms with van der Waals surface area (Å²) in [5, 5.41) is 8.63. The average Bonchev–Trinajstić information content (AvgIpc) is 3.06. The molecule has 1 aromatic heterocycles. The van der Waals surface area contributed by atoms with Crippen LogP contribution in [0.5, 0.6) is 5.75 Å². The Morgan fingerprint density at radius 3 is 2.78 bits per heavy atom. The normalized spacial score (nSPS) is 11.6. The maximum absolute atomic E-state index is 13.9. The van der Waals surface area contributed by atoms with Crippen molar-refractivity contribution < 1.29 is 18.7 Å². The third-order valence-corrected chi connectivity index (χ3v) is 3.92. The van der Waals surface area contributed by atoms with E-state index in [2.05, 4.69) is 10.6 Å². The van der Waals surface area contributed by atoms with E-state index >= 15 is 0 Å². The van der Waals surface area contributed by atoms with Crippen molar-refractivity contribution in [2.45, 2.75) is 13.0 Å². The number of amides is 2. The Balaban J connectivity index is 1.94. The monoisotopic (exact) mass is 336 g/mol. The van der Waals surface area contributed by atoms with Crippen molar-refractivity contribution in [1.82, 2.24) is 10.6 Å². The zero-order chi connectivity index (χ0) is 16.8. The van der Waals surface area contributed by atoms with Gasteiger partial charge in [-0.2, -0.15) is 11.3 Å². The number of carbonyl (C=O) groups is 2. The van der Waals surface area contributed by atoms with Crippen molar-refractivity contribution in [3.05, 3.63) is 52.0 Å². The van der Waals surface area contributed by atoms with Gasteiger partial charge in [-0.05, 0) is 30.5 Å². The van der Waals surface area contributed by atoms with Crippen LogP contribution >= 0.6 is 11.3 Å². The Morgan fingerprint density at radius 1 is 1.35 bits per heavy atom. The predicted octanol–water partition coefficient (Wildman–Crippen LogP) is 2.50. The Labute approximate surface area is 137 Å². The van der Waals surface area contributed by atoms with E-state index in [1.165, 1.54) is 30.6 Å². The molecule has 2 rings (SSSR count). The highest BCUT2D eigenvalue weighted by atomic mass is 32.1. The first kappa shape index (κ1) is 17.0. The Hall–Kier alpha value is -2.41. The van der Waals surface area contributed by atoms with E-state index in [-0.39, 0.29) is 18.0 Å². The van der Waals surface area contributed by atoms with Crippen molar-refractivity contribution in [3.8, 4) is 5.75 Å². The summed E-state index contributed by atoms with van der Waals surface area (Å²) in [4.78, 5) is 23.7. The number of ether oxygens (including phenoxy) is 1. The second kappa shape index (κ2) is 7.73. The molecule has 2 amide bonds. The van der Waals surface area contributed by atoms with Crippen molar-refractivity contribution in [2.75, 3.05) is 13.7 Å². The second-order valence-corrected chi connectivity index (χ2v) is 5.62. The zero-order valence-corrected chi connectivity index (χ0v) is 13.6. The van der Waals surface area contributed by atoms with Gasteiger partial charge in [0.05, 0.1) is 25.3 Å². The topological polar surface area (TPSA) is 67.4 Å². The van der Waals surface area contributed by atoms with Crippen LogP contribution in [0.3, 0.4) is 0 Å². The van der Waals surface area contributed by atoms with Gasteiger partial charge in [-0.25, -0.2) is 4.39 Å². The van der Waals surface area contributed by atoms with Gasteiger partial charge in [0.15, 0.2) is 0 Å². The fraction of sp³-hybridized carbons (Fsp3) is 0.250. The first-order valence-corrected chi connectivity index (χ1v) is 7.89. The van der Waals surface area contributed by atoms with Gasteiger partial charge >= 0.3 is 0 Å². The van der Waals surface area contributed by atoms with Crippen molar-refractivity contribution >= 4 is 23.2 Å². The molecule has 0 bridgehead atoms. The first-order chi connectivity index (χ1) is 11.0. The molecule has 23 heavy (non-hydrogen) atoms. The van der Waals surface area contributed by atoms with Crippen LogP contribution in [0, 0.1) is 5.82 Å². The third-order valence-electron chi connectivity index (χ3n) is 3.24. The van der Waals surface area contributed by atoms with Gasteiger partial charge in [0, 0.05) is 10.9 Å². The highest BCUT2D eigenvalue weighted by molar-refractivity contribution is 7.08. The fourth-order valence-corrected chi connectivity index (χ4v) is 2.77. The molecule has 1 heterocycles. The van der Waals surface area contributed by atoms with Gasteiger partial charge in [0.2, 0.25) is 5.91 Å². The molecule has 1 atom stereocenters. The van der Waals surface area contributed by atoms with Gasteiger partial charge in [-0.15, -0.1) is 0 Å². The van der Waals surface area contributed by atoms with Crippen molar-refractivity contribution in [2.24, 2.45) is 0 Å². The smallest absolute Gasteiger partial charge is 0.252 e. The average molecular weight is 336 g/mol. The summed E-state index contributed by atoms with van der Waals surface area (Å²) in [5.74, 6) is -0.830. The Kier molecular flexibility index (Phi) is 5.70.